The maximum absolute atomic E-state index is 12.2. The number of benzene rings is 1. The molecule has 0 radical (unpaired) electrons. The van der Waals surface area contributed by atoms with Crippen LogP contribution in [0.4, 0.5) is 0 Å². The van der Waals surface area contributed by atoms with Crippen LogP contribution in [0.2, 0.25) is 0 Å². The summed E-state index contributed by atoms with van der Waals surface area (Å²) in [4.78, 5) is 12.2. The van der Waals surface area contributed by atoms with E-state index in [1.165, 1.54) is 0 Å². The minimum absolute atomic E-state index is 0.0539. The summed E-state index contributed by atoms with van der Waals surface area (Å²) in [6.45, 7) is 9.96. The molecular weight excluding hydrogens is 222 g/mol. The number of hydrogen-bond acceptors (Lipinski definition) is 1. The van der Waals surface area contributed by atoms with Crippen molar-refractivity contribution >= 4 is 5.91 Å². The summed E-state index contributed by atoms with van der Waals surface area (Å²) in [7, 11) is 0. The molecule has 0 unspecified atom stereocenters. The quantitative estimate of drug-likeness (QED) is 0.799. The fourth-order valence-electron chi connectivity index (χ4n) is 1.61. The number of carbonyl (C=O) groups is 1. The lowest BCUT2D eigenvalue weighted by molar-refractivity contribution is 0.0966. The molecule has 0 atom stereocenters. The van der Waals surface area contributed by atoms with E-state index < -0.39 is 0 Å². The molecule has 0 spiro atoms. The predicted molar refractivity (Wildman–Crippen MR) is 76.5 cm³/mol. The molecule has 18 heavy (non-hydrogen) atoms. The Morgan fingerprint density at radius 3 is 2.22 bits per heavy atom. The molecule has 0 bridgehead atoms. The Morgan fingerprint density at radius 1 is 1.11 bits per heavy atom. The highest BCUT2D eigenvalue weighted by Gasteiger charge is 2.09. The van der Waals surface area contributed by atoms with Gasteiger partial charge in [0.05, 0.1) is 0 Å². The molecule has 0 fully saturated rings. The van der Waals surface area contributed by atoms with Crippen LogP contribution in [0.5, 0.6) is 0 Å². The first-order valence-electron chi connectivity index (χ1n) is 6.11. The Bertz CT molecular complexity index is 502. The fraction of sp³-hybridized carbons (Fsp3) is 0.312. The summed E-state index contributed by atoms with van der Waals surface area (Å²) >= 11 is 0. The van der Waals surface area contributed by atoms with Crippen molar-refractivity contribution in [2.45, 2.75) is 34.6 Å². The molecule has 0 saturated heterocycles. The molecule has 1 N–H and O–H groups in total. The molecule has 0 saturated carbocycles. The molecule has 2 nitrogen and oxygen atoms in total. The first-order chi connectivity index (χ1) is 8.41. The van der Waals surface area contributed by atoms with E-state index in [-0.39, 0.29) is 5.91 Å². The molecule has 1 aromatic rings. The number of allylic oxidation sites excluding steroid dienone is 3. The lowest BCUT2D eigenvalue weighted by Gasteiger charge is -2.10. The van der Waals surface area contributed by atoms with Gasteiger partial charge in [0.25, 0.3) is 5.91 Å². The second-order valence-electron chi connectivity index (χ2n) is 4.90. The normalized spacial score (nSPS) is 9.61. The van der Waals surface area contributed by atoms with Gasteiger partial charge in [-0.15, -0.1) is 0 Å². The maximum Gasteiger partial charge on any atom is 0.255 e. The van der Waals surface area contributed by atoms with Gasteiger partial charge in [-0.3, -0.25) is 4.79 Å². The van der Waals surface area contributed by atoms with Gasteiger partial charge in [0.2, 0.25) is 0 Å². The zero-order chi connectivity index (χ0) is 13.7. The Labute approximate surface area is 109 Å². The van der Waals surface area contributed by atoms with E-state index in [1.54, 1.807) is 0 Å². The van der Waals surface area contributed by atoms with Crippen LogP contribution in [0.1, 0.15) is 43.6 Å². The van der Waals surface area contributed by atoms with Gasteiger partial charge in [-0.25, -0.2) is 0 Å². The van der Waals surface area contributed by atoms with Gasteiger partial charge in [-0.2, -0.15) is 0 Å². The molecular formula is C16H21NO. The van der Waals surface area contributed by atoms with E-state index in [0.717, 1.165) is 28.0 Å². The first kappa shape index (κ1) is 14.2. The second-order valence-corrected chi connectivity index (χ2v) is 4.90. The Kier molecular flexibility index (Phi) is 4.90. The Balaban J connectivity index is 2.98. The van der Waals surface area contributed by atoms with E-state index >= 15 is 0 Å². The molecule has 2 heteroatoms. The molecule has 1 rings (SSSR count). The van der Waals surface area contributed by atoms with Crippen molar-refractivity contribution in [1.29, 1.82) is 0 Å². The molecule has 1 amide bonds. The summed E-state index contributed by atoms with van der Waals surface area (Å²) in [6.07, 6.45) is 1.99. The van der Waals surface area contributed by atoms with Gasteiger partial charge < -0.3 is 5.32 Å². The van der Waals surface area contributed by atoms with E-state index in [0.29, 0.717) is 0 Å². The largest absolute Gasteiger partial charge is 0.322 e. The van der Waals surface area contributed by atoms with E-state index in [4.69, 9.17) is 0 Å². The zero-order valence-electron chi connectivity index (χ0n) is 11.8. The number of carbonyl (C=O) groups excluding carboxylic acids is 1. The topological polar surface area (TPSA) is 29.1 Å². The highest BCUT2D eigenvalue weighted by Crippen LogP contribution is 2.10. The van der Waals surface area contributed by atoms with Crippen molar-refractivity contribution in [3.63, 3.8) is 0 Å². The number of hydrogen-bond donors (Lipinski definition) is 1. The van der Waals surface area contributed by atoms with Crippen LogP contribution in [0.3, 0.4) is 0 Å². The predicted octanol–water partition coefficient (Wildman–Crippen LogP) is 3.98. The van der Waals surface area contributed by atoms with Crippen LogP contribution in [0, 0.1) is 6.92 Å². The summed E-state index contributed by atoms with van der Waals surface area (Å²) < 4.78 is 0. The van der Waals surface area contributed by atoms with Crippen molar-refractivity contribution in [1.82, 2.24) is 5.32 Å². The highest BCUT2D eigenvalue weighted by molar-refractivity contribution is 5.96. The van der Waals surface area contributed by atoms with Gasteiger partial charge in [0, 0.05) is 11.3 Å². The SMILES string of the molecule is CC(C)=CC(NC(=O)c1ccccc1C)=C(C)C. The standard InChI is InChI=1S/C16H21NO/c1-11(2)10-15(12(3)4)17-16(18)14-9-7-6-8-13(14)5/h6-10H,1-5H3,(H,17,18). The average Bonchev–Trinajstić information content (AvgIpc) is 2.27. The van der Waals surface area contributed by atoms with E-state index in [9.17, 15) is 4.79 Å². The summed E-state index contributed by atoms with van der Waals surface area (Å²) in [5.74, 6) is -0.0539. The van der Waals surface area contributed by atoms with E-state index in [2.05, 4.69) is 5.32 Å². The minimum atomic E-state index is -0.0539. The average molecular weight is 243 g/mol. The van der Waals surface area contributed by atoms with Crippen LogP contribution >= 0.6 is 0 Å². The lowest BCUT2D eigenvalue weighted by atomic mass is 10.1. The summed E-state index contributed by atoms with van der Waals surface area (Å²) in [6, 6.07) is 7.60. The van der Waals surface area contributed by atoms with Crippen molar-refractivity contribution in [3.05, 3.63) is 58.3 Å². The van der Waals surface area contributed by atoms with Crippen molar-refractivity contribution in [2.75, 3.05) is 0 Å². The van der Waals surface area contributed by atoms with Crippen molar-refractivity contribution in [2.24, 2.45) is 0 Å². The van der Waals surface area contributed by atoms with Crippen LogP contribution in [-0.4, -0.2) is 5.91 Å². The molecule has 0 aliphatic heterocycles. The molecule has 1 aromatic carbocycles. The monoisotopic (exact) mass is 243 g/mol. The van der Waals surface area contributed by atoms with Crippen molar-refractivity contribution in [3.8, 4) is 0 Å². The summed E-state index contributed by atoms with van der Waals surface area (Å²) in [5, 5.41) is 2.97. The third-order valence-electron chi connectivity index (χ3n) is 2.61. The Morgan fingerprint density at radius 2 is 1.72 bits per heavy atom. The minimum Gasteiger partial charge on any atom is -0.322 e. The third kappa shape index (κ3) is 3.88. The molecule has 0 heterocycles. The van der Waals surface area contributed by atoms with Gasteiger partial charge in [-0.05, 0) is 52.3 Å². The molecule has 96 valence electrons. The third-order valence-corrected chi connectivity index (χ3v) is 2.61. The first-order valence-corrected chi connectivity index (χ1v) is 6.11. The maximum atomic E-state index is 12.2. The van der Waals surface area contributed by atoms with Crippen LogP contribution in [-0.2, 0) is 0 Å². The van der Waals surface area contributed by atoms with Crippen LogP contribution in [0.25, 0.3) is 0 Å². The fourth-order valence-corrected chi connectivity index (χ4v) is 1.61. The Hall–Kier alpha value is -1.83. The molecule has 0 aromatic heterocycles. The highest BCUT2D eigenvalue weighted by atomic mass is 16.1. The second kappa shape index (κ2) is 6.20. The molecule has 0 aliphatic carbocycles. The van der Waals surface area contributed by atoms with Gasteiger partial charge in [0.1, 0.15) is 0 Å². The van der Waals surface area contributed by atoms with Crippen LogP contribution < -0.4 is 5.32 Å². The number of rotatable bonds is 3. The summed E-state index contributed by atoms with van der Waals surface area (Å²) in [5.41, 5.74) is 4.84. The zero-order valence-corrected chi connectivity index (χ0v) is 11.8. The number of aryl methyl sites for hydroxylation is 1. The van der Waals surface area contributed by atoms with Gasteiger partial charge in [-0.1, -0.05) is 29.3 Å². The van der Waals surface area contributed by atoms with Crippen LogP contribution in [0.15, 0.2) is 47.2 Å². The smallest absolute Gasteiger partial charge is 0.255 e. The number of nitrogens with one attached hydrogen (secondary N) is 1. The van der Waals surface area contributed by atoms with Crippen molar-refractivity contribution < 1.29 is 4.79 Å². The number of amides is 1. The van der Waals surface area contributed by atoms with Gasteiger partial charge >= 0.3 is 0 Å². The van der Waals surface area contributed by atoms with E-state index in [1.807, 2.05) is 65.0 Å². The van der Waals surface area contributed by atoms with Gasteiger partial charge in [0.15, 0.2) is 0 Å². The lowest BCUT2D eigenvalue weighted by Crippen LogP contribution is -2.23. The molecule has 0 aliphatic rings.